The van der Waals surface area contributed by atoms with Crippen molar-refractivity contribution in [3.8, 4) is 0 Å². The van der Waals surface area contributed by atoms with Crippen LogP contribution < -0.4 is 5.32 Å². The molecule has 0 saturated carbocycles. The van der Waals surface area contributed by atoms with Gasteiger partial charge in [-0.3, -0.25) is 4.79 Å². The topological polar surface area (TPSA) is 123 Å². The number of aldehydes is 1. The molecule has 1 atom stereocenters. The van der Waals surface area contributed by atoms with Crippen LogP contribution in [0.5, 0.6) is 0 Å². The van der Waals surface area contributed by atoms with Gasteiger partial charge in [0.25, 0.3) is 0 Å². The molecule has 3 N–H and O–H groups in total. The number of benzene rings is 2. The molecule has 1 aromatic heterocycles. The van der Waals surface area contributed by atoms with Crippen molar-refractivity contribution in [2.75, 3.05) is 7.05 Å². The third-order valence-corrected chi connectivity index (χ3v) is 5.66. The predicted molar refractivity (Wildman–Crippen MR) is 142 cm³/mol. The van der Waals surface area contributed by atoms with Crippen LogP contribution in [0.15, 0.2) is 49.2 Å². The van der Waals surface area contributed by atoms with Crippen molar-refractivity contribution in [2.45, 2.75) is 52.7 Å². The molecule has 1 radical (unpaired) electrons. The number of hydrogen-bond acceptors (Lipinski definition) is 5. The minimum Gasteiger partial charge on any atom is -0.699 e. The molecule has 0 bridgehead atoms. The number of hydrogen-bond donors (Lipinski definition) is 1. The van der Waals surface area contributed by atoms with Crippen molar-refractivity contribution in [2.24, 2.45) is 0 Å². The van der Waals surface area contributed by atoms with Crippen molar-refractivity contribution >= 4 is 34.5 Å². The van der Waals surface area contributed by atoms with Gasteiger partial charge in [0.15, 0.2) is 0 Å². The summed E-state index contributed by atoms with van der Waals surface area (Å²) in [7, 11) is 1.60. The van der Waals surface area contributed by atoms with Gasteiger partial charge in [0.1, 0.15) is 12.1 Å². The summed E-state index contributed by atoms with van der Waals surface area (Å²) in [6, 6.07) is 11.8. The molecule has 189 valence electrons. The van der Waals surface area contributed by atoms with Crippen LogP contribution >= 0.6 is 0 Å². The standard InChI is InChI=1S/C15H19N2O.C9H8N3.C3H7NO.Y/c1-11(4-3-7-18)17-10-14-8-13(9-16)5-6-15(14)12(17)2;1-6-11-5-7-2-3-8(10)4-9(7)12-6;1-3(5)4-2;/h5-8,11,16H,2-4,9-10H2,1H3;2-5,10H,1H3;1-2H3,(H,4,5);/q2*-1;;. The second-order valence-corrected chi connectivity index (χ2v) is 8.33. The molecule has 0 saturated heterocycles. The minimum atomic E-state index is 0. The van der Waals surface area contributed by atoms with E-state index in [9.17, 15) is 9.59 Å². The number of rotatable bonds is 5. The maximum absolute atomic E-state index is 10.4. The molecule has 0 spiro atoms. The van der Waals surface area contributed by atoms with Gasteiger partial charge in [-0.1, -0.05) is 48.5 Å². The Morgan fingerprint density at radius 1 is 1.28 bits per heavy atom. The van der Waals surface area contributed by atoms with Crippen molar-refractivity contribution in [1.82, 2.24) is 20.2 Å². The fraction of sp³-hybridized carbons (Fsp3) is 0.333. The molecule has 1 amide bonds. The molecule has 3 aromatic rings. The Bertz CT molecular complexity index is 1150. The number of fused-ring (bicyclic) bond motifs is 2. The first-order valence-corrected chi connectivity index (χ1v) is 11.5. The van der Waals surface area contributed by atoms with E-state index in [1.807, 2.05) is 19.1 Å². The number of amides is 1. The van der Waals surface area contributed by atoms with Crippen LogP contribution in [0.2, 0.25) is 0 Å². The number of nitrogens with one attached hydrogen (secondary N) is 3. The van der Waals surface area contributed by atoms with Crippen molar-refractivity contribution in [3.63, 3.8) is 0 Å². The van der Waals surface area contributed by atoms with Crippen LogP contribution in [0.4, 0.5) is 5.69 Å². The molecule has 1 unspecified atom stereocenters. The quantitative estimate of drug-likeness (QED) is 0.395. The third kappa shape index (κ3) is 9.08. The number of nitrogens with zero attached hydrogens (tertiary/aromatic N) is 3. The Morgan fingerprint density at radius 3 is 2.58 bits per heavy atom. The summed E-state index contributed by atoms with van der Waals surface area (Å²) in [5, 5.41) is 3.37. The van der Waals surface area contributed by atoms with Crippen LogP contribution in [-0.2, 0) is 55.4 Å². The normalized spacial score (nSPS) is 12.2. The Balaban J connectivity index is 0.000000311. The molecule has 4 rings (SSSR count). The van der Waals surface area contributed by atoms with Gasteiger partial charge in [-0.2, -0.15) is 0 Å². The molecule has 2 aromatic carbocycles. The minimum absolute atomic E-state index is 0. The maximum atomic E-state index is 10.4. The summed E-state index contributed by atoms with van der Waals surface area (Å²) in [5.74, 6) is 0.748. The van der Waals surface area contributed by atoms with E-state index < -0.39 is 0 Å². The number of aromatic nitrogens is 2. The SMILES string of the molecule is C=C1c2ccc(C[NH-])cc2CN1C(C)CCC=O.CNC(C)=O.Cc1ncc2ccc([NH-])cc2n1.[Y]. The summed E-state index contributed by atoms with van der Waals surface area (Å²) in [6.45, 7) is 10.8. The Morgan fingerprint density at radius 2 is 1.97 bits per heavy atom. The third-order valence-electron chi connectivity index (χ3n) is 5.66. The summed E-state index contributed by atoms with van der Waals surface area (Å²) in [4.78, 5) is 30.7. The van der Waals surface area contributed by atoms with Gasteiger partial charge in [-0.05, 0) is 25.8 Å². The summed E-state index contributed by atoms with van der Waals surface area (Å²) < 4.78 is 0. The van der Waals surface area contributed by atoms with Gasteiger partial charge in [0.05, 0.1) is 5.52 Å². The average Bonchev–Trinajstić information content (AvgIpc) is 3.18. The van der Waals surface area contributed by atoms with E-state index in [0.29, 0.717) is 24.7 Å². The first-order valence-electron chi connectivity index (χ1n) is 11.5. The van der Waals surface area contributed by atoms with Crippen LogP contribution in [0.25, 0.3) is 28.1 Å². The fourth-order valence-corrected chi connectivity index (χ4v) is 3.61. The zero-order valence-electron chi connectivity index (χ0n) is 21.5. The van der Waals surface area contributed by atoms with E-state index in [4.69, 9.17) is 11.5 Å². The van der Waals surface area contributed by atoms with Crippen LogP contribution in [0.1, 0.15) is 49.2 Å². The molecule has 0 aliphatic carbocycles. The molecule has 2 heterocycles. The van der Waals surface area contributed by atoms with Crippen LogP contribution in [0, 0.1) is 6.92 Å². The zero-order chi connectivity index (χ0) is 26.0. The van der Waals surface area contributed by atoms with Crippen molar-refractivity contribution in [3.05, 3.63) is 83.2 Å². The van der Waals surface area contributed by atoms with Gasteiger partial charge in [0, 0.05) is 88.5 Å². The largest absolute Gasteiger partial charge is 0.699 e. The van der Waals surface area contributed by atoms with Crippen LogP contribution in [0.3, 0.4) is 0 Å². The van der Waals surface area contributed by atoms with Gasteiger partial charge in [-0.15, -0.1) is 12.2 Å². The van der Waals surface area contributed by atoms with E-state index in [-0.39, 0.29) is 38.6 Å². The van der Waals surface area contributed by atoms with Crippen molar-refractivity contribution < 1.29 is 42.3 Å². The van der Waals surface area contributed by atoms with E-state index in [1.165, 1.54) is 18.1 Å². The maximum Gasteiger partial charge on any atom is 0.216 e. The molecule has 1 aliphatic rings. The van der Waals surface area contributed by atoms with E-state index in [1.54, 1.807) is 25.4 Å². The van der Waals surface area contributed by atoms with E-state index >= 15 is 0 Å². The predicted octanol–water partition coefficient (Wildman–Crippen LogP) is 5.76. The Hall–Kier alpha value is -2.68. The van der Waals surface area contributed by atoms with Gasteiger partial charge in [-0.25, -0.2) is 9.97 Å². The van der Waals surface area contributed by atoms with E-state index in [2.05, 4.69) is 45.8 Å². The van der Waals surface area contributed by atoms with E-state index in [0.717, 1.165) is 47.2 Å². The molecule has 0 fully saturated rings. The first kappa shape index (κ1) is 31.4. The monoisotopic (exact) mass is 563 g/mol. The molecular weight excluding hydrogens is 529 g/mol. The van der Waals surface area contributed by atoms with Gasteiger partial charge >= 0.3 is 0 Å². The van der Waals surface area contributed by atoms with Gasteiger partial charge < -0.3 is 26.5 Å². The molecule has 8 nitrogen and oxygen atoms in total. The number of aryl methyl sites for hydroxylation is 1. The molecule has 1 aliphatic heterocycles. The first-order chi connectivity index (χ1) is 16.7. The Kier molecular flexibility index (Phi) is 13.4. The molecular formula is C27H34N6O2Y-2. The summed E-state index contributed by atoms with van der Waals surface area (Å²) in [6.07, 6.45) is 4.21. The molecule has 36 heavy (non-hydrogen) atoms. The molecule has 9 heteroatoms. The zero-order valence-corrected chi connectivity index (χ0v) is 24.3. The second kappa shape index (κ2) is 15.4. The van der Waals surface area contributed by atoms with Gasteiger partial charge in [0.2, 0.25) is 5.91 Å². The smallest absolute Gasteiger partial charge is 0.216 e. The van der Waals surface area contributed by atoms with Crippen molar-refractivity contribution in [1.29, 1.82) is 0 Å². The fourth-order valence-electron chi connectivity index (χ4n) is 3.61. The number of carbonyl (C=O) groups is 2. The van der Waals surface area contributed by atoms with Crippen LogP contribution in [-0.4, -0.2) is 40.2 Å². The Labute approximate surface area is 238 Å². The second-order valence-electron chi connectivity index (χ2n) is 8.33. The summed E-state index contributed by atoms with van der Waals surface area (Å²) in [5.41, 5.74) is 20.6. The summed E-state index contributed by atoms with van der Waals surface area (Å²) >= 11 is 0. The number of carbonyl (C=O) groups excluding carboxylic acids is 2. The average molecular weight is 564 g/mol.